The zero-order valence-corrected chi connectivity index (χ0v) is 14.6. The molecule has 8 heteroatoms. The van der Waals surface area contributed by atoms with Crippen LogP contribution in [0.15, 0.2) is 40.1 Å². The number of aromatic amines is 1. The average molecular weight is 362 g/mol. The second kappa shape index (κ2) is 7.06. The third-order valence-electron chi connectivity index (χ3n) is 4.73. The van der Waals surface area contributed by atoms with Gasteiger partial charge in [0.1, 0.15) is 11.9 Å². The summed E-state index contributed by atoms with van der Waals surface area (Å²) in [5.41, 5.74) is -1.25. The van der Waals surface area contributed by atoms with Crippen molar-refractivity contribution < 1.29 is 19.7 Å². The van der Waals surface area contributed by atoms with Crippen molar-refractivity contribution in [1.82, 2.24) is 9.55 Å². The predicted octanol–water partition coefficient (Wildman–Crippen LogP) is -0.109. The number of benzene rings is 1. The van der Waals surface area contributed by atoms with Gasteiger partial charge in [-0.25, -0.2) is 4.79 Å². The van der Waals surface area contributed by atoms with Crippen LogP contribution in [0.25, 0.3) is 0 Å². The normalized spacial score (nSPS) is 25.4. The van der Waals surface area contributed by atoms with Gasteiger partial charge in [0, 0.05) is 24.6 Å². The highest BCUT2D eigenvalue weighted by Crippen LogP contribution is 2.39. The zero-order valence-electron chi connectivity index (χ0n) is 14.6. The molecule has 3 N–H and O–H groups in total. The summed E-state index contributed by atoms with van der Waals surface area (Å²) >= 11 is 0. The molecule has 8 nitrogen and oxygen atoms in total. The van der Waals surface area contributed by atoms with E-state index in [9.17, 15) is 19.8 Å². The van der Waals surface area contributed by atoms with Crippen molar-refractivity contribution in [1.29, 1.82) is 0 Å². The van der Waals surface area contributed by atoms with E-state index in [0.717, 1.165) is 5.56 Å². The van der Waals surface area contributed by atoms with Crippen LogP contribution in [0.4, 0.5) is 0 Å². The van der Waals surface area contributed by atoms with Crippen LogP contribution in [-0.4, -0.2) is 45.7 Å². The maximum atomic E-state index is 12.5. The van der Waals surface area contributed by atoms with Crippen LogP contribution in [0, 0.1) is 6.92 Å². The molecule has 1 fully saturated rings. The zero-order chi connectivity index (χ0) is 18.9. The first kappa shape index (κ1) is 18.4. The Morgan fingerprint density at radius 3 is 2.77 bits per heavy atom. The van der Waals surface area contributed by atoms with E-state index in [-0.39, 0.29) is 19.4 Å². The molecule has 1 aliphatic heterocycles. The standard InChI is InChI=1S/C18H22N2O6/c1-11-9-20(17(24)19-16(11)23)18(8-13(22)15(10-21)26-18)7-12-5-3-4-6-14(12)25-2/h3-6,9,13,15,21-22H,7-8,10H2,1-2H3,(H,19,23,24)/t13-,15+,18+/m0/s1. The summed E-state index contributed by atoms with van der Waals surface area (Å²) in [6.07, 6.45) is -0.0570. The third-order valence-corrected chi connectivity index (χ3v) is 4.73. The highest BCUT2D eigenvalue weighted by Gasteiger charge is 2.48. The minimum atomic E-state index is -1.26. The lowest BCUT2D eigenvalue weighted by atomic mass is 9.97. The smallest absolute Gasteiger partial charge is 0.330 e. The number of methoxy groups -OCH3 is 1. The number of nitrogens with zero attached hydrogens (tertiary/aromatic N) is 1. The quantitative estimate of drug-likeness (QED) is 0.684. The third kappa shape index (κ3) is 3.18. The van der Waals surface area contributed by atoms with E-state index in [1.165, 1.54) is 10.8 Å². The number of ether oxygens (including phenoxy) is 2. The van der Waals surface area contributed by atoms with Gasteiger partial charge in [-0.3, -0.25) is 14.3 Å². The molecule has 1 aromatic carbocycles. The fourth-order valence-electron chi connectivity index (χ4n) is 3.40. The molecule has 0 saturated carbocycles. The van der Waals surface area contributed by atoms with Gasteiger partial charge in [-0.15, -0.1) is 0 Å². The van der Waals surface area contributed by atoms with E-state index in [1.807, 2.05) is 18.2 Å². The fraction of sp³-hybridized carbons (Fsp3) is 0.444. The number of para-hydroxylation sites is 1. The topological polar surface area (TPSA) is 114 Å². The summed E-state index contributed by atoms with van der Waals surface area (Å²) in [7, 11) is 1.54. The van der Waals surface area contributed by atoms with Gasteiger partial charge in [-0.05, 0) is 18.6 Å². The molecule has 0 radical (unpaired) electrons. The Hall–Kier alpha value is -2.42. The van der Waals surface area contributed by atoms with Crippen LogP contribution in [0.5, 0.6) is 5.75 Å². The Morgan fingerprint density at radius 2 is 2.12 bits per heavy atom. The van der Waals surface area contributed by atoms with Gasteiger partial charge < -0.3 is 19.7 Å². The molecule has 1 aromatic heterocycles. The predicted molar refractivity (Wildman–Crippen MR) is 93.3 cm³/mol. The Labute approximate surface area is 149 Å². The Balaban J connectivity index is 2.14. The molecule has 0 amide bonds. The summed E-state index contributed by atoms with van der Waals surface area (Å²) < 4.78 is 12.6. The Bertz CT molecular complexity index is 905. The first-order valence-corrected chi connectivity index (χ1v) is 8.32. The summed E-state index contributed by atoms with van der Waals surface area (Å²) in [5.74, 6) is 0.617. The molecule has 1 aliphatic rings. The maximum Gasteiger partial charge on any atom is 0.330 e. The lowest BCUT2D eigenvalue weighted by molar-refractivity contribution is -0.119. The molecule has 1 saturated heterocycles. The SMILES string of the molecule is COc1ccccc1C[C@]1(n2cc(C)c(=O)[nH]c2=O)C[C@H](O)[C@@H](CO)O1. The Kier molecular flexibility index (Phi) is 4.99. The van der Waals surface area contributed by atoms with Gasteiger partial charge in [-0.1, -0.05) is 18.2 Å². The minimum absolute atomic E-state index is 0.0850. The van der Waals surface area contributed by atoms with Crippen molar-refractivity contribution in [3.63, 3.8) is 0 Å². The molecule has 0 bridgehead atoms. The number of aliphatic hydroxyl groups is 2. The van der Waals surface area contributed by atoms with Crippen LogP contribution in [-0.2, 0) is 16.9 Å². The van der Waals surface area contributed by atoms with E-state index in [4.69, 9.17) is 9.47 Å². The largest absolute Gasteiger partial charge is 0.496 e. The summed E-state index contributed by atoms with van der Waals surface area (Å²) in [6, 6.07) is 7.29. The number of nitrogens with one attached hydrogen (secondary N) is 1. The number of aromatic nitrogens is 2. The molecule has 3 atom stereocenters. The van der Waals surface area contributed by atoms with Crippen LogP contribution < -0.4 is 16.0 Å². The van der Waals surface area contributed by atoms with Crippen LogP contribution in [0.2, 0.25) is 0 Å². The molecule has 140 valence electrons. The van der Waals surface area contributed by atoms with Gasteiger partial charge in [0.05, 0.1) is 19.8 Å². The summed E-state index contributed by atoms with van der Waals surface area (Å²) in [6.45, 7) is 1.20. The molecule has 0 spiro atoms. The van der Waals surface area contributed by atoms with Crippen molar-refractivity contribution in [2.24, 2.45) is 0 Å². The summed E-state index contributed by atoms with van der Waals surface area (Å²) in [5, 5.41) is 19.8. The number of rotatable bonds is 5. The van der Waals surface area contributed by atoms with Crippen molar-refractivity contribution in [2.45, 2.75) is 37.7 Å². The van der Waals surface area contributed by atoms with Crippen LogP contribution in [0.1, 0.15) is 17.5 Å². The van der Waals surface area contributed by atoms with Gasteiger partial charge in [0.15, 0.2) is 5.72 Å². The van der Waals surface area contributed by atoms with Gasteiger partial charge in [-0.2, -0.15) is 0 Å². The average Bonchev–Trinajstić information content (AvgIpc) is 2.95. The van der Waals surface area contributed by atoms with Crippen molar-refractivity contribution in [3.8, 4) is 5.75 Å². The number of aryl methyl sites for hydroxylation is 1. The van der Waals surface area contributed by atoms with Crippen LogP contribution in [0.3, 0.4) is 0 Å². The molecule has 2 heterocycles. The van der Waals surface area contributed by atoms with E-state index in [0.29, 0.717) is 11.3 Å². The van der Waals surface area contributed by atoms with Crippen molar-refractivity contribution >= 4 is 0 Å². The van der Waals surface area contributed by atoms with E-state index < -0.39 is 29.2 Å². The molecule has 26 heavy (non-hydrogen) atoms. The van der Waals surface area contributed by atoms with E-state index in [2.05, 4.69) is 4.98 Å². The second-order valence-corrected chi connectivity index (χ2v) is 6.49. The van der Waals surface area contributed by atoms with Gasteiger partial charge in [0.25, 0.3) is 5.56 Å². The molecule has 3 rings (SSSR count). The fourth-order valence-corrected chi connectivity index (χ4v) is 3.40. The van der Waals surface area contributed by atoms with Gasteiger partial charge in [0.2, 0.25) is 0 Å². The number of hydrogen-bond acceptors (Lipinski definition) is 6. The Morgan fingerprint density at radius 1 is 1.38 bits per heavy atom. The lowest BCUT2D eigenvalue weighted by Gasteiger charge is -2.32. The van der Waals surface area contributed by atoms with Crippen molar-refractivity contribution in [2.75, 3.05) is 13.7 Å². The highest BCUT2D eigenvalue weighted by molar-refractivity contribution is 5.34. The number of hydrogen-bond donors (Lipinski definition) is 3. The number of aliphatic hydroxyl groups excluding tert-OH is 2. The highest BCUT2D eigenvalue weighted by atomic mass is 16.6. The first-order chi connectivity index (χ1) is 12.4. The van der Waals surface area contributed by atoms with Crippen molar-refractivity contribution in [3.05, 3.63) is 62.4 Å². The molecule has 2 aromatic rings. The molecule has 0 aliphatic carbocycles. The molecular formula is C18H22N2O6. The molecule has 0 unspecified atom stereocenters. The first-order valence-electron chi connectivity index (χ1n) is 8.32. The van der Waals surface area contributed by atoms with Gasteiger partial charge >= 0.3 is 5.69 Å². The summed E-state index contributed by atoms with van der Waals surface area (Å²) in [4.78, 5) is 26.5. The van der Waals surface area contributed by atoms with E-state index >= 15 is 0 Å². The number of H-pyrrole nitrogens is 1. The lowest BCUT2D eigenvalue weighted by Crippen LogP contribution is -2.46. The monoisotopic (exact) mass is 362 g/mol. The maximum absolute atomic E-state index is 12.5. The van der Waals surface area contributed by atoms with E-state index in [1.54, 1.807) is 20.1 Å². The molecular weight excluding hydrogens is 340 g/mol. The van der Waals surface area contributed by atoms with Crippen LogP contribution >= 0.6 is 0 Å². The second-order valence-electron chi connectivity index (χ2n) is 6.49. The minimum Gasteiger partial charge on any atom is -0.496 e.